The molecule has 0 unspecified atom stereocenters. The molecular formula is C19H23N5O3. The van der Waals surface area contributed by atoms with E-state index in [1.165, 1.54) is 0 Å². The maximum absolute atomic E-state index is 12.2. The number of hydrogen-bond donors (Lipinski definition) is 1. The van der Waals surface area contributed by atoms with Gasteiger partial charge >= 0.3 is 5.69 Å². The molecule has 27 heavy (non-hydrogen) atoms. The molecule has 2 aliphatic heterocycles. The molecule has 0 bridgehead atoms. The zero-order valence-electron chi connectivity index (χ0n) is 16.0. The van der Waals surface area contributed by atoms with E-state index in [9.17, 15) is 14.4 Å². The largest absolute Gasteiger partial charge is 0.349 e. The minimum absolute atomic E-state index is 0.143. The number of H-pyrrole nitrogens is 1. The molecule has 2 aliphatic rings. The molecule has 0 atom stereocenters. The van der Waals surface area contributed by atoms with Crippen molar-refractivity contribution >= 4 is 16.8 Å². The van der Waals surface area contributed by atoms with Gasteiger partial charge in [0.05, 0.1) is 11.0 Å². The Morgan fingerprint density at radius 3 is 2.56 bits per heavy atom. The van der Waals surface area contributed by atoms with Crippen LogP contribution < -0.4 is 11.2 Å². The Morgan fingerprint density at radius 1 is 1.15 bits per heavy atom. The van der Waals surface area contributed by atoms with Crippen molar-refractivity contribution < 1.29 is 4.79 Å². The third kappa shape index (κ3) is 3.95. The fraction of sp³-hybridized carbons (Fsp3) is 0.421. The van der Waals surface area contributed by atoms with Crippen molar-refractivity contribution in [1.82, 2.24) is 24.4 Å². The molecule has 8 heteroatoms. The topological polar surface area (TPSA) is 101 Å². The summed E-state index contributed by atoms with van der Waals surface area (Å²) in [5.74, 6) is 0.420. The number of aryl methyl sites for hydroxylation is 2. The van der Waals surface area contributed by atoms with Gasteiger partial charge < -0.3 is 9.47 Å². The van der Waals surface area contributed by atoms with E-state index in [2.05, 4.69) is 15.0 Å². The minimum atomic E-state index is -0.684. The van der Waals surface area contributed by atoms with Crippen molar-refractivity contribution in [1.29, 1.82) is 0 Å². The monoisotopic (exact) mass is 369 g/mol. The highest BCUT2D eigenvalue weighted by Gasteiger charge is 2.19. The Hall–Kier alpha value is -2.87. The molecule has 0 spiro atoms. The van der Waals surface area contributed by atoms with Crippen molar-refractivity contribution in [3.63, 3.8) is 0 Å². The maximum atomic E-state index is 12.2. The Kier molecular flexibility index (Phi) is 5.18. The van der Waals surface area contributed by atoms with Gasteiger partial charge in [-0.25, -0.2) is 9.78 Å². The molecule has 0 fully saturated rings. The van der Waals surface area contributed by atoms with Crippen molar-refractivity contribution in [3.05, 3.63) is 44.1 Å². The number of nitrogens with one attached hydrogen (secondary N) is 1. The molecule has 1 aromatic rings. The first-order valence-corrected chi connectivity index (χ1v) is 8.86. The number of rotatable bonds is 6. The molecule has 3 rings (SSSR count). The summed E-state index contributed by atoms with van der Waals surface area (Å²) in [6, 6.07) is 3.94. The van der Waals surface area contributed by atoms with E-state index >= 15 is 0 Å². The highest BCUT2D eigenvalue weighted by Crippen LogP contribution is 2.23. The van der Waals surface area contributed by atoms with Crippen LogP contribution in [0.15, 0.2) is 21.7 Å². The standard InChI is InChI=1S/C19H23N5O3/c1-11-9-14-15(10-12(11)2)24(8-7-23(4)6-5-13(3)25)17-16(20-14)18(26)22-19(27)21-17/h9-10H,5-8H2,1-4H3,(H,22,26,27). The molecule has 0 aromatic heterocycles. The number of carbonyl (C=O) groups is 1. The number of ketones is 1. The summed E-state index contributed by atoms with van der Waals surface area (Å²) < 4.78 is 1.87. The summed E-state index contributed by atoms with van der Waals surface area (Å²) in [7, 11) is 1.93. The van der Waals surface area contributed by atoms with Crippen molar-refractivity contribution in [2.75, 3.05) is 20.1 Å². The molecule has 8 nitrogen and oxygen atoms in total. The van der Waals surface area contributed by atoms with Gasteiger partial charge in [0.15, 0.2) is 11.5 Å². The molecule has 0 radical (unpaired) electrons. The van der Waals surface area contributed by atoms with Gasteiger partial charge in [-0.3, -0.25) is 14.6 Å². The molecule has 1 aromatic carbocycles. The first kappa shape index (κ1) is 18.9. The van der Waals surface area contributed by atoms with Gasteiger partial charge in [-0.2, -0.15) is 4.98 Å². The Labute approximate surface area is 156 Å². The third-order valence-electron chi connectivity index (χ3n) is 4.78. The van der Waals surface area contributed by atoms with E-state index in [1.807, 2.05) is 42.5 Å². The maximum Gasteiger partial charge on any atom is 0.349 e. The number of benzene rings is 1. The highest BCUT2D eigenvalue weighted by atomic mass is 16.2. The van der Waals surface area contributed by atoms with E-state index in [-0.39, 0.29) is 17.3 Å². The molecular weight excluding hydrogens is 346 g/mol. The Balaban J connectivity index is 2.11. The number of Topliss-reactive ketones (excluding diaryl/α,β-unsaturated/α-hetero) is 1. The highest BCUT2D eigenvalue weighted by molar-refractivity contribution is 5.81. The number of hydrogen-bond acceptors (Lipinski definition) is 6. The summed E-state index contributed by atoms with van der Waals surface area (Å²) >= 11 is 0. The Morgan fingerprint density at radius 2 is 1.85 bits per heavy atom. The van der Waals surface area contributed by atoms with E-state index in [1.54, 1.807) is 6.92 Å². The number of carbonyl (C=O) groups excluding carboxylic acids is 1. The van der Waals surface area contributed by atoms with Crippen LogP contribution in [-0.4, -0.2) is 50.3 Å². The second-order valence-electron chi connectivity index (χ2n) is 6.99. The molecule has 142 valence electrons. The fourth-order valence-electron chi connectivity index (χ4n) is 3.01. The van der Waals surface area contributed by atoms with Crippen LogP contribution in [0.1, 0.15) is 24.5 Å². The van der Waals surface area contributed by atoms with Crippen LogP contribution in [0.3, 0.4) is 0 Å². The molecule has 0 amide bonds. The lowest BCUT2D eigenvalue weighted by Crippen LogP contribution is -2.31. The molecule has 0 aliphatic carbocycles. The second kappa shape index (κ2) is 7.40. The van der Waals surface area contributed by atoms with Gasteiger partial charge in [0.2, 0.25) is 0 Å². The summed E-state index contributed by atoms with van der Waals surface area (Å²) in [6.45, 7) is 7.37. The van der Waals surface area contributed by atoms with E-state index in [0.717, 1.165) is 16.6 Å². The quantitative estimate of drug-likeness (QED) is 0.653. The average Bonchev–Trinajstić information content (AvgIpc) is 2.59. The molecule has 0 saturated carbocycles. The third-order valence-corrected chi connectivity index (χ3v) is 4.78. The molecule has 2 heterocycles. The lowest BCUT2D eigenvalue weighted by atomic mass is 10.1. The molecule has 1 N–H and O–H groups in total. The lowest BCUT2D eigenvalue weighted by molar-refractivity contribution is -0.117. The lowest BCUT2D eigenvalue weighted by Gasteiger charge is -2.21. The van der Waals surface area contributed by atoms with Gasteiger partial charge in [-0.15, -0.1) is 0 Å². The van der Waals surface area contributed by atoms with Gasteiger partial charge in [-0.1, -0.05) is 0 Å². The normalized spacial score (nSPS) is 11.6. The summed E-state index contributed by atoms with van der Waals surface area (Å²) in [5, 5.41) is 0. The van der Waals surface area contributed by atoms with Crippen molar-refractivity contribution in [2.24, 2.45) is 0 Å². The van der Waals surface area contributed by atoms with E-state index in [0.29, 0.717) is 31.6 Å². The van der Waals surface area contributed by atoms with Gasteiger partial charge in [0.1, 0.15) is 5.78 Å². The number of likely N-dealkylation sites (N-methyl/N-ethyl adjacent to an activating group) is 1. The molecule has 0 saturated heterocycles. The van der Waals surface area contributed by atoms with Gasteiger partial charge in [0, 0.05) is 26.1 Å². The van der Waals surface area contributed by atoms with Crippen molar-refractivity contribution in [2.45, 2.75) is 33.7 Å². The summed E-state index contributed by atoms with van der Waals surface area (Å²) in [6.07, 6.45) is 0.486. The van der Waals surface area contributed by atoms with E-state index < -0.39 is 11.2 Å². The van der Waals surface area contributed by atoms with Gasteiger partial charge in [0.25, 0.3) is 5.56 Å². The second-order valence-corrected chi connectivity index (χ2v) is 6.99. The fourth-order valence-corrected chi connectivity index (χ4v) is 3.01. The number of nitrogens with zero attached hydrogens (tertiary/aromatic N) is 4. The zero-order valence-corrected chi connectivity index (χ0v) is 16.0. The smallest absolute Gasteiger partial charge is 0.321 e. The number of aromatic nitrogens is 4. The zero-order chi connectivity index (χ0) is 19.7. The first-order valence-electron chi connectivity index (χ1n) is 8.86. The van der Waals surface area contributed by atoms with E-state index in [4.69, 9.17) is 0 Å². The van der Waals surface area contributed by atoms with Crippen LogP contribution in [0.5, 0.6) is 0 Å². The Bertz CT molecular complexity index is 1100. The average molecular weight is 369 g/mol. The SMILES string of the molecule is CC(=O)CCN(C)CCn1c2nc(=O)[nH]c(=O)c-2nc2cc(C)c(C)cc21. The summed E-state index contributed by atoms with van der Waals surface area (Å²) in [4.78, 5) is 47.9. The van der Waals surface area contributed by atoms with Crippen LogP contribution in [0.2, 0.25) is 0 Å². The number of fused-ring (bicyclic) bond motifs is 2. The van der Waals surface area contributed by atoms with Gasteiger partial charge in [-0.05, 0) is 51.1 Å². The minimum Gasteiger partial charge on any atom is -0.321 e. The number of aromatic amines is 1. The predicted octanol–water partition coefficient (Wildman–Crippen LogP) is 1.11. The van der Waals surface area contributed by atoms with Crippen molar-refractivity contribution in [3.8, 4) is 11.5 Å². The van der Waals surface area contributed by atoms with Crippen LogP contribution >= 0.6 is 0 Å². The van der Waals surface area contributed by atoms with Crippen LogP contribution in [-0.2, 0) is 11.3 Å². The summed E-state index contributed by atoms with van der Waals surface area (Å²) in [5.41, 5.74) is 2.60. The first-order chi connectivity index (χ1) is 12.8. The van der Waals surface area contributed by atoms with Crippen LogP contribution in [0, 0.1) is 13.8 Å². The van der Waals surface area contributed by atoms with Crippen LogP contribution in [0.25, 0.3) is 22.6 Å². The predicted molar refractivity (Wildman–Crippen MR) is 103 cm³/mol. The van der Waals surface area contributed by atoms with Crippen LogP contribution in [0.4, 0.5) is 0 Å².